The third kappa shape index (κ3) is 4.11. The van der Waals surface area contributed by atoms with Gasteiger partial charge in [-0.2, -0.15) is 0 Å². The zero-order valence-electron chi connectivity index (χ0n) is 12.6. The Kier molecular flexibility index (Phi) is 4.57. The van der Waals surface area contributed by atoms with Gasteiger partial charge in [-0.3, -0.25) is 0 Å². The smallest absolute Gasteiger partial charge is 0.0883 e. The summed E-state index contributed by atoms with van der Waals surface area (Å²) in [5, 5.41) is 14.1. The highest BCUT2D eigenvalue weighted by atomic mass is 16.3. The van der Waals surface area contributed by atoms with E-state index >= 15 is 0 Å². The molecule has 0 heterocycles. The Morgan fingerprint density at radius 3 is 2.28 bits per heavy atom. The molecule has 1 aromatic carbocycles. The second-order valence-corrected chi connectivity index (χ2v) is 6.45. The fraction of sp³-hybridized carbons (Fsp3) is 0.625. The molecule has 1 atom stereocenters. The third-order valence-corrected chi connectivity index (χ3v) is 3.45. The van der Waals surface area contributed by atoms with Crippen molar-refractivity contribution in [1.29, 1.82) is 0 Å². The van der Waals surface area contributed by atoms with E-state index in [1.807, 2.05) is 19.1 Å². The van der Waals surface area contributed by atoms with Crippen LogP contribution in [0.2, 0.25) is 0 Å². The van der Waals surface area contributed by atoms with Gasteiger partial charge in [0.25, 0.3) is 0 Å². The average Bonchev–Trinajstić information content (AvgIpc) is 2.19. The first kappa shape index (κ1) is 15.2. The number of benzene rings is 1. The molecule has 0 aliphatic heterocycles. The second-order valence-electron chi connectivity index (χ2n) is 6.45. The Morgan fingerprint density at radius 1 is 1.11 bits per heavy atom. The highest BCUT2D eigenvalue weighted by Crippen LogP contribution is 2.28. The van der Waals surface area contributed by atoms with Gasteiger partial charge in [-0.1, -0.05) is 18.2 Å². The van der Waals surface area contributed by atoms with E-state index in [9.17, 15) is 5.11 Å². The molecule has 0 spiro atoms. The molecule has 2 heteroatoms. The normalized spacial score (nSPS) is 15.5. The van der Waals surface area contributed by atoms with Gasteiger partial charge in [-0.05, 0) is 71.2 Å². The van der Waals surface area contributed by atoms with Crippen LogP contribution < -0.4 is 5.32 Å². The lowest BCUT2D eigenvalue weighted by Gasteiger charge is -2.29. The minimum atomic E-state index is -0.769. The highest BCUT2D eigenvalue weighted by Gasteiger charge is 2.25. The van der Waals surface area contributed by atoms with Gasteiger partial charge in [0, 0.05) is 5.54 Å². The summed E-state index contributed by atoms with van der Waals surface area (Å²) < 4.78 is 0. The number of hydrogen-bond donors (Lipinski definition) is 2. The van der Waals surface area contributed by atoms with Crippen LogP contribution in [-0.2, 0) is 5.60 Å². The van der Waals surface area contributed by atoms with Crippen molar-refractivity contribution in [1.82, 2.24) is 5.32 Å². The lowest BCUT2D eigenvalue weighted by Crippen LogP contribution is -2.39. The van der Waals surface area contributed by atoms with Crippen molar-refractivity contribution in [3.05, 3.63) is 34.9 Å². The minimum Gasteiger partial charge on any atom is -0.385 e. The van der Waals surface area contributed by atoms with Gasteiger partial charge < -0.3 is 10.4 Å². The predicted molar refractivity (Wildman–Crippen MR) is 77.9 cm³/mol. The summed E-state index contributed by atoms with van der Waals surface area (Å²) in [6.07, 6.45) is 0.717. The van der Waals surface area contributed by atoms with Gasteiger partial charge in [0.05, 0.1) is 5.60 Å². The zero-order valence-corrected chi connectivity index (χ0v) is 12.6. The van der Waals surface area contributed by atoms with E-state index in [1.54, 1.807) is 0 Å². The monoisotopic (exact) mass is 249 g/mol. The molecule has 0 amide bonds. The van der Waals surface area contributed by atoms with Crippen LogP contribution in [0.5, 0.6) is 0 Å². The summed E-state index contributed by atoms with van der Waals surface area (Å²) in [4.78, 5) is 0. The molecule has 102 valence electrons. The summed E-state index contributed by atoms with van der Waals surface area (Å²) in [5.74, 6) is 0. The molecular formula is C16H27NO. The molecule has 2 nitrogen and oxygen atoms in total. The SMILES string of the molecule is Cc1cccc(C(C)(O)CCNC(C)(C)C)c1C. The largest absolute Gasteiger partial charge is 0.385 e. The molecule has 1 rings (SSSR count). The standard InChI is InChI=1S/C16H27NO/c1-12-8-7-9-14(13(12)2)16(6,18)10-11-17-15(3,4)5/h7-9,17-18H,10-11H2,1-6H3. The van der Waals surface area contributed by atoms with Crippen LogP contribution in [0.25, 0.3) is 0 Å². The van der Waals surface area contributed by atoms with Gasteiger partial charge in [-0.15, -0.1) is 0 Å². The Labute approximate surface area is 111 Å². The molecule has 18 heavy (non-hydrogen) atoms. The van der Waals surface area contributed by atoms with Crippen molar-refractivity contribution in [2.24, 2.45) is 0 Å². The molecule has 0 aliphatic carbocycles. The number of hydrogen-bond acceptors (Lipinski definition) is 2. The number of rotatable bonds is 4. The van der Waals surface area contributed by atoms with Crippen LogP contribution in [0, 0.1) is 13.8 Å². The van der Waals surface area contributed by atoms with Gasteiger partial charge in [-0.25, -0.2) is 0 Å². The van der Waals surface area contributed by atoms with Crippen LogP contribution in [0.15, 0.2) is 18.2 Å². The fourth-order valence-electron chi connectivity index (χ4n) is 2.15. The third-order valence-electron chi connectivity index (χ3n) is 3.45. The Morgan fingerprint density at radius 2 is 1.72 bits per heavy atom. The Hall–Kier alpha value is -0.860. The summed E-state index contributed by atoms with van der Waals surface area (Å²) in [5.41, 5.74) is 2.79. The number of nitrogens with one attached hydrogen (secondary N) is 1. The molecular weight excluding hydrogens is 222 g/mol. The van der Waals surface area contributed by atoms with Crippen molar-refractivity contribution in [2.45, 2.75) is 59.1 Å². The van der Waals surface area contributed by atoms with Gasteiger partial charge in [0.2, 0.25) is 0 Å². The number of aryl methyl sites for hydroxylation is 1. The van der Waals surface area contributed by atoms with Gasteiger partial charge in [0.15, 0.2) is 0 Å². The van der Waals surface area contributed by atoms with Crippen LogP contribution in [0.4, 0.5) is 0 Å². The maximum absolute atomic E-state index is 10.6. The summed E-state index contributed by atoms with van der Waals surface area (Å²) in [6, 6.07) is 6.13. The molecule has 0 saturated carbocycles. The molecule has 0 fully saturated rings. The quantitative estimate of drug-likeness (QED) is 0.858. The molecule has 2 N–H and O–H groups in total. The highest BCUT2D eigenvalue weighted by molar-refractivity contribution is 5.36. The van der Waals surface area contributed by atoms with E-state index in [2.05, 4.69) is 46.0 Å². The van der Waals surface area contributed by atoms with E-state index in [4.69, 9.17) is 0 Å². The van der Waals surface area contributed by atoms with Crippen molar-refractivity contribution in [3.63, 3.8) is 0 Å². The maximum Gasteiger partial charge on any atom is 0.0883 e. The van der Waals surface area contributed by atoms with Gasteiger partial charge in [0.1, 0.15) is 0 Å². The molecule has 0 saturated heterocycles. The van der Waals surface area contributed by atoms with E-state index < -0.39 is 5.60 Å². The fourth-order valence-corrected chi connectivity index (χ4v) is 2.15. The van der Waals surface area contributed by atoms with Gasteiger partial charge >= 0.3 is 0 Å². The summed E-state index contributed by atoms with van der Waals surface area (Å²) in [7, 11) is 0. The minimum absolute atomic E-state index is 0.0950. The molecule has 0 aliphatic rings. The second kappa shape index (κ2) is 5.41. The first-order chi connectivity index (χ1) is 8.13. The lowest BCUT2D eigenvalue weighted by atomic mass is 9.87. The van der Waals surface area contributed by atoms with Crippen LogP contribution in [0.1, 0.15) is 50.8 Å². The van der Waals surface area contributed by atoms with E-state index in [1.165, 1.54) is 11.1 Å². The van der Waals surface area contributed by atoms with E-state index in [0.29, 0.717) is 6.42 Å². The van der Waals surface area contributed by atoms with Crippen molar-refractivity contribution < 1.29 is 5.11 Å². The first-order valence-corrected chi connectivity index (χ1v) is 6.67. The lowest BCUT2D eigenvalue weighted by molar-refractivity contribution is 0.0457. The predicted octanol–water partition coefficient (Wildman–Crippen LogP) is 3.29. The summed E-state index contributed by atoms with van der Waals surface area (Å²) in [6.45, 7) is 13.3. The average molecular weight is 249 g/mol. The Balaban J connectivity index is 2.77. The molecule has 0 bridgehead atoms. The van der Waals surface area contributed by atoms with Crippen LogP contribution in [-0.4, -0.2) is 17.2 Å². The van der Waals surface area contributed by atoms with Crippen molar-refractivity contribution >= 4 is 0 Å². The number of aliphatic hydroxyl groups is 1. The van der Waals surface area contributed by atoms with Crippen molar-refractivity contribution in [3.8, 4) is 0 Å². The van der Waals surface area contributed by atoms with E-state index in [0.717, 1.165) is 12.1 Å². The summed E-state index contributed by atoms with van der Waals surface area (Å²) >= 11 is 0. The zero-order chi connectivity index (χ0) is 14.0. The van der Waals surface area contributed by atoms with Crippen LogP contribution >= 0.6 is 0 Å². The van der Waals surface area contributed by atoms with Crippen LogP contribution in [0.3, 0.4) is 0 Å². The topological polar surface area (TPSA) is 32.3 Å². The maximum atomic E-state index is 10.6. The first-order valence-electron chi connectivity index (χ1n) is 6.67. The molecule has 0 aromatic heterocycles. The Bertz CT molecular complexity index is 402. The van der Waals surface area contributed by atoms with E-state index in [-0.39, 0.29) is 5.54 Å². The molecule has 1 unspecified atom stereocenters. The molecule has 0 radical (unpaired) electrons. The van der Waals surface area contributed by atoms with Crippen molar-refractivity contribution in [2.75, 3.05) is 6.54 Å². The molecule has 1 aromatic rings.